The number of carbonyl (C=O) groups excluding carboxylic acids is 1. The molecule has 0 spiro atoms. The molecule has 0 bridgehead atoms. The van der Waals surface area contributed by atoms with E-state index in [1.54, 1.807) is 20.8 Å². The Labute approximate surface area is 100 Å². The van der Waals surface area contributed by atoms with Gasteiger partial charge in [-0.15, -0.1) is 0 Å². The van der Waals surface area contributed by atoms with E-state index in [4.69, 9.17) is 4.74 Å². The lowest BCUT2D eigenvalue weighted by molar-refractivity contribution is -0.0654. The highest BCUT2D eigenvalue weighted by atomic mass is 19.3. The molecule has 1 fully saturated rings. The second kappa shape index (κ2) is 4.76. The van der Waals surface area contributed by atoms with Crippen molar-refractivity contribution in [2.45, 2.75) is 45.3 Å². The summed E-state index contributed by atoms with van der Waals surface area (Å²) in [5.74, 6) is 0. The van der Waals surface area contributed by atoms with Crippen molar-refractivity contribution in [1.29, 1.82) is 0 Å². The van der Waals surface area contributed by atoms with Crippen LogP contribution in [0.2, 0.25) is 0 Å². The minimum atomic E-state index is -2.61. The van der Waals surface area contributed by atoms with Crippen LogP contribution in [0.15, 0.2) is 0 Å². The minimum absolute atomic E-state index is 0.0733. The van der Waals surface area contributed by atoms with Crippen LogP contribution in [0.5, 0.6) is 0 Å². The third-order valence-corrected chi connectivity index (χ3v) is 2.70. The van der Waals surface area contributed by atoms with Crippen molar-refractivity contribution in [1.82, 2.24) is 10.2 Å². The molecule has 1 amide bonds. The van der Waals surface area contributed by atoms with Gasteiger partial charge >= 0.3 is 6.09 Å². The molecular weight excluding hydrogens is 230 g/mol. The van der Waals surface area contributed by atoms with Crippen LogP contribution in [0, 0.1) is 0 Å². The van der Waals surface area contributed by atoms with Gasteiger partial charge in [0.1, 0.15) is 11.1 Å². The Morgan fingerprint density at radius 3 is 2.53 bits per heavy atom. The van der Waals surface area contributed by atoms with E-state index in [0.717, 1.165) is 4.90 Å². The normalized spacial score (nSPS) is 26.2. The molecule has 0 aliphatic carbocycles. The Balaban J connectivity index is 2.82. The first-order valence-electron chi connectivity index (χ1n) is 5.66. The van der Waals surface area contributed by atoms with E-state index in [9.17, 15) is 13.6 Å². The Bertz CT molecular complexity index is 292. The van der Waals surface area contributed by atoms with Crippen molar-refractivity contribution in [2.75, 3.05) is 19.6 Å². The number of amides is 1. The second-order valence-corrected chi connectivity index (χ2v) is 5.47. The van der Waals surface area contributed by atoms with Gasteiger partial charge in [0.25, 0.3) is 6.43 Å². The molecule has 0 aromatic carbocycles. The predicted molar refractivity (Wildman–Crippen MR) is 60.2 cm³/mol. The maximum absolute atomic E-state index is 13.1. The average molecular weight is 250 g/mol. The monoisotopic (exact) mass is 250 g/mol. The van der Waals surface area contributed by atoms with E-state index in [-0.39, 0.29) is 13.1 Å². The maximum Gasteiger partial charge on any atom is 0.411 e. The van der Waals surface area contributed by atoms with Crippen molar-refractivity contribution in [2.24, 2.45) is 0 Å². The molecular formula is C11H20F2N2O2. The zero-order valence-corrected chi connectivity index (χ0v) is 10.7. The van der Waals surface area contributed by atoms with Crippen LogP contribution in [0.1, 0.15) is 27.7 Å². The van der Waals surface area contributed by atoms with E-state index in [1.165, 1.54) is 6.92 Å². The van der Waals surface area contributed by atoms with E-state index in [1.807, 2.05) is 0 Å². The molecule has 0 aromatic heterocycles. The Morgan fingerprint density at radius 1 is 1.47 bits per heavy atom. The molecule has 0 radical (unpaired) electrons. The highest BCUT2D eigenvalue weighted by Gasteiger charge is 2.46. The highest BCUT2D eigenvalue weighted by molar-refractivity contribution is 5.69. The van der Waals surface area contributed by atoms with Crippen molar-refractivity contribution >= 4 is 6.09 Å². The molecule has 6 heteroatoms. The SMILES string of the molecule is CC(C)(C)OC(=O)N1CCNCC1(C)C(F)F. The number of rotatable bonds is 1. The first-order chi connectivity index (χ1) is 7.67. The number of ether oxygens (including phenoxy) is 1. The summed E-state index contributed by atoms with van der Waals surface area (Å²) in [7, 11) is 0. The fraction of sp³-hybridized carbons (Fsp3) is 0.909. The quantitative estimate of drug-likeness (QED) is 0.772. The van der Waals surface area contributed by atoms with Crippen molar-refractivity contribution in [3.8, 4) is 0 Å². The lowest BCUT2D eigenvalue weighted by Gasteiger charge is -2.44. The van der Waals surface area contributed by atoms with Gasteiger partial charge in [0.15, 0.2) is 0 Å². The van der Waals surface area contributed by atoms with E-state index < -0.39 is 23.7 Å². The lowest BCUT2D eigenvalue weighted by Crippen LogP contribution is -2.65. The van der Waals surface area contributed by atoms with Crippen LogP contribution < -0.4 is 5.32 Å². The van der Waals surface area contributed by atoms with E-state index in [2.05, 4.69) is 5.32 Å². The minimum Gasteiger partial charge on any atom is -0.444 e. The number of nitrogens with one attached hydrogen (secondary N) is 1. The molecule has 1 heterocycles. The lowest BCUT2D eigenvalue weighted by atomic mass is 9.98. The largest absolute Gasteiger partial charge is 0.444 e. The molecule has 1 aliphatic rings. The molecule has 1 N–H and O–H groups in total. The Kier molecular flexibility index (Phi) is 3.96. The van der Waals surface area contributed by atoms with Gasteiger partial charge in [0.05, 0.1) is 0 Å². The third-order valence-electron chi connectivity index (χ3n) is 2.70. The van der Waals surface area contributed by atoms with Gasteiger partial charge in [-0.25, -0.2) is 13.6 Å². The van der Waals surface area contributed by atoms with E-state index >= 15 is 0 Å². The molecule has 1 unspecified atom stereocenters. The first-order valence-corrected chi connectivity index (χ1v) is 5.66. The molecule has 1 aliphatic heterocycles. The smallest absolute Gasteiger partial charge is 0.411 e. The molecule has 17 heavy (non-hydrogen) atoms. The Morgan fingerprint density at radius 2 is 2.06 bits per heavy atom. The third kappa shape index (κ3) is 3.28. The Hall–Kier alpha value is -0.910. The molecule has 0 saturated carbocycles. The van der Waals surface area contributed by atoms with Crippen LogP contribution in [-0.4, -0.2) is 48.2 Å². The summed E-state index contributed by atoms with van der Waals surface area (Å²) in [4.78, 5) is 13.0. The van der Waals surface area contributed by atoms with E-state index in [0.29, 0.717) is 6.54 Å². The van der Waals surface area contributed by atoms with Crippen LogP contribution in [0.25, 0.3) is 0 Å². The summed E-state index contributed by atoms with van der Waals surface area (Å²) < 4.78 is 31.3. The van der Waals surface area contributed by atoms with Gasteiger partial charge in [-0.05, 0) is 27.7 Å². The summed E-state index contributed by atoms with van der Waals surface area (Å²) in [5.41, 5.74) is -2.18. The van der Waals surface area contributed by atoms with Gasteiger partial charge in [-0.1, -0.05) is 0 Å². The highest BCUT2D eigenvalue weighted by Crippen LogP contribution is 2.26. The van der Waals surface area contributed by atoms with Crippen LogP contribution in [-0.2, 0) is 4.74 Å². The standard InChI is InChI=1S/C11H20F2N2O2/c1-10(2,3)17-9(16)15-6-5-14-7-11(15,4)8(12)13/h8,14H,5-7H2,1-4H3. The number of piperazine rings is 1. The number of halogens is 2. The molecule has 1 saturated heterocycles. The fourth-order valence-corrected chi connectivity index (χ4v) is 1.69. The summed E-state index contributed by atoms with van der Waals surface area (Å²) in [6, 6.07) is 0. The van der Waals surface area contributed by atoms with Crippen molar-refractivity contribution < 1.29 is 18.3 Å². The van der Waals surface area contributed by atoms with Gasteiger partial charge in [-0.3, -0.25) is 4.90 Å². The van der Waals surface area contributed by atoms with Gasteiger partial charge in [-0.2, -0.15) is 0 Å². The van der Waals surface area contributed by atoms with Crippen LogP contribution in [0.3, 0.4) is 0 Å². The number of alkyl halides is 2. The molecule has 4 nitrogen and oxygen atoms in total. The molecule has 1 rings (SSSR count). The van der Waals surface area contributed by atoms with Crippen LogP contribution >= 0.6 is 0 Å². The molecule has 0 aromatic rings. The summed E-state index contributed by atoms with van der Waals surface area (Å²) in [6.45, 7) is 7.32. The first kappa shape index (κ1) is 14.2. The number of hydrogen-bond donors (Lipinski definition) is 1. The number of hydrogen-bond acceptors (Lipinski definition) is 3. The van der Waals surface area contributed by atoms with Gasteiger partial charge < -0.3 is 10.1 Å². The molecule has 100 valence electrons. The van der Waals surface area contributed by atoms with Gasteiger partial charge in [0.2, 0.25) is 0 Å². The fourth-order valence-electron chi connectivity index (χ4n) is 1.69. The topological polar surface area (TPSA) is 41.6 Å². The zero-order chi connectivity index (χ0) is 13.3. The summed E-state index contributed by atoms with van der Waals surface area (Å²) in [5, 5.41) is 2.87. The predicted octanol–water partition coefficient (Wildman–Crippen LogP) is 1.85. The van der Waals surface area contributed by atoms with Crippen molar-refractivity contribution in [3.05, 3.63) is 0 Å². The summed E-state index contributed by atoms with van der Waals surface area (Å²) >= 11 is 0. The number of nitrogens with zero attached hydrogens (tertiary/aromatic N) is 1. The second-order valence-electron chi connectivity index (χ2n) is 5.47. The van der Waals surface area contributed by atoms with Gasteiger partial charge in [0, 0.05) is 19.6 Å². The maximum atomic E-state index is 13.1. The van der Waals surface area contributed by atoms with Crippen LogP contribution in [0.4, 0.5) is 13.6 Å². The number of carbonyl (C=O) groups is 1. The summed E-state index contributed by atoms with van der Waals surface area (Å²) in [6.07, 6.45) is -3.29. The van der Waals surface area contributed by atoms with Crippen molar-refractivity contribution in [3.63, 3.8) is 0 Å². The zero-order valence-electron chi connectivity index (χ0n) is 10.7. The average Bonchev–Trinajstić information content (AvgIpc) is 2.15. The molecule has 1 atom stereocenters.